The molecule has 1 saturated heterocycles. The van der Waals surface area contributed by atoms with Crippen LogP contribution in [0.2, 0.25) is 0 Å². The van der Waals surface area contributed by atoms with Crippen molar-refractivity contribution in [2.75, 3.05) is 19.8 Å². The molecule has 0 aromatic rings. The van der Waals surface area contributed by atoms with Crippen molar-refractivity contribution in [3.8, 4) is 0 Å². The van der Waals surface area contributed by atoms with E-state index in [0.29, 0.717) is 12.1 Å². The van der Waals surface area contributed by atoms with Gasteiger partial charge in [-0.1, -0.05) is 0 Å². The Morgan fingerprint density at radius 1 is 1.54 bits per heavy atom. The predicted octanol–water partition coefficient (Wildman–Crippen LogP) is 0.505. The average molecular weight is 184 g/mol. The van der Waals surface area contributed by atoms with Gasteiger partial charge in [0.15, 0.2) is 0 Å². The fourth-order valence-corrected chi connectivity index (χ4v) is 1.92. The molecule has 0 amide bonds. The molecule has 1 aliphatic heterocycles. The molecule has 0 radical (unpaired) electrons. The highest BCUT2D eigenvalue weighted by atomic mass is 16.5. The van der Waals surface area contributed by atoms with E-state index in [2.05, 4.69) is 17.6 Å². The number of hydrogen-bond acceptors (Lipinski definition) is 3. The van der Waals surface area contributed by atoms with E-state index in [4.69, 9.17) is 4.74 Å². The maximum absolute atomic E-state index is 5.41. The lowest BCUT2D eigenvalue weighted by Crippen LogP contribution is -2.45. The zero-order valence-electron chi connectivity index (χ0n) is 8.38. The van der Waals surface area contributed by atoms with Gasteiger partial charge in [-0.05, 0) is 26.2 Å². The van der Waals surface area contributed by atoms with Gasteiger partial charge in [0.25, 0.3) is 0 Å². The highest BCUT2D eigenvalue weighted by Crippen LogP contribution is 2.20. The highest BCUT2D eigenvalue weighted by Gasteiger charge is 2.24. The molecule has 2 rings (SSSR count). The quantitative estimate of drug-likeness (QED) is 0.668. The van der Waals surface area contributed by atoms with Crippen molar-refractivity contribution >= 4 is 0 Å². The molecule has 13 heavy (non-hydrogen) atoms. The minimum absolute atomic E-state index is 0.565. The summed E-state index contributed by atoms with van der Waals surface area (Å²) in [4.78, 5) is 0. The predicted molar refractivity (Wildman–Crippen MR) is 52.8 cm³/mol. The Hall–Kier alpha value is -0.120. The first-order valence-electron chi connectivity index (χ1n) is 5.42. The molecule has 3 nitrogen and oxygen atoms in total. The second kappa shape index (κ2) is 4.40. The summed E-state index contributed by atoms with van der Waals surface area (Å²) in [6.45, 7) is 5.05. The summed E-state index contributed by atoms with van der Waals surface area (Å²) in [7, 11) is 0. The molecule has 2 N–H and O–H groups in total. The molecule has 2 aliphatic rings. The molecule has 1 heterocycles. The molecule has 0 aromatic heterocycles. The smallest absolute Gasteiger partial charge is 0.0620 e. The number of morpholine rings is 1. The van der Waals surface area contributed by atoms with Crippen LogP contribution in [0, 0.1) is 0 Å². The molecule has 76 valence electrons. The molecule has 1 aliphatic carbocycles. The van der Waals surface area contributed by atoms with E-state index in [1.807, 2.05) is 0 Å². The largest absolute Gasteiger partial charge is 0.379 e. The Bertz CT molecular complexity index is 153. The molecule has 2 atom stereocenters. The lowest BCUT2D eigenvalue weighted by molar-refractivity contribution is 0.0712. The number of nitrogens with one attached hydrogen (secondary N) is 2. The first-order chi connectivity index (χ1) is 6.34. The normalized spacial score (nSPS) is 31.6. The topological polar surface area (TPSA) is 33.3 Å². The Kier molecular flexibility index (Phi) is 3.19. The molecule has 0 spiro atoms. The Morgan fingerprint density at radius 3 is 3.00 bits per heavy atom. The van der Waals surface area contributed by atoms with Crippen molar-refractivity contribution in [3.05, 3.63) is 0 Å². The summed E-state index contributed by atoms with van der Waals surface area (Å²) in [5.74, 6) is 0. The van der Waals surface area contributed by atoms with Crippen LogP contribution in [-0.4, -0.2) is 37.9 Å². The van der Waals surface area contributed by atoms with Crippen molar-refractivity contribution < 1.29 is 4.74 Å². The second-order valence-electron chi connectivity index (χ2n) is 4.30. The fraction of sp³-hybridized carbons (Fsp3) is 1.00. The molecule has 2 unspecified atom stereocenters. The fourth-order valence-electron chi connectivity index (χ4n) is 1.92. The first-order valence-corrected chi connectivity index (χ1v) is 5.42. The van der Waals surface area contributed by atoms with Gasteiger partial charge in [0.1, 0.15) is 0 Å². The van der Waals surface area contributed by atoms with Crippen LogP contribution in [0.4, 0.5) is 0 Å². The van der Waals surface area contributed by atoms with E-state index < -0.39 is 0 Å². The number of hydrogen-bond donors (Lipinski definition) is 2. The summed E-state index contributed by atoms with van der Waals surface area (Å²) in [5, 5.41) is 7.08. The molecule has 2 fully saturated rings. The monoisotopic (exact) mass is 184 g/mol. The van der Waals surface area contributed by atoms with Gasteiger partial charge >= 0.3 is 0 Å². The second-order valence-corrected chi connectivity index (χ2v) is 4.30. The van der Waals surface area contributed by atoms with Crippen molar-refractivity contribution in [3.63, 3.8) is 0 Å². The number of rotatable bonds is 4. The van der Waals surface area contributed by atoms with Crippen molar-refractivity contribution in [2.45, 2.75) is 44.3 Å². The molecule has 0 aromatic carbocycles. The zero-order valence-corrected chi connectivity index (χ0v) is 8.38. The summed E-state index contributed by atoms with van der Waals surface area (Å²) >= 11 is 0. The Labute approximate surface area is 80.2 Å². The highest BCUT2D eigenvalue weighted by molar-refractivity contribution is 4.85. The summed E-state index contributed by atoms with van der Waals surface area (Å²) in [5.41, 5.74) is 0. The van der Waals surface area contributed by atoms with Crippen molar-refractivity contribution in [1.82, 2.24) is 10.6 Å². The van der Waals surface area contributed by atoms with E-state index in [9.17, 15) is 0 Å². The first kappa shape index (κ1) is 9.44. The standard InChI is InChI=1S/C10H20N2O/c1-8(12-9-2-3-9)6-10-7-13-5-4-11-10/h8-12H,2-7H2,1H3. The summed E-state index contributed by atoms with van der Waals surface area (Å²) in [6.07, 6.45) is 3.94. The third-order valence-electron chi connectivity index (χ3n) is 2.73. The lowest BCUT2D eigenvalue weighted by Gasteiger charge is -2.26. The van der Waals surface area contributed by atoms with Crippen LogP contribution in [0.5, 0.6) is 0 Å². The van der Waals surface area contributed by atoms with Gasteiger partial charge in [0.05, 0.1) is 13.2 Å². The van der Waals surface area contributed by atoms with E-state index in [0.717, 1.165) is 25.8 Å². The molecular formula is C10H20N2O. The van der Waals surface area contributed by atoms with Crippen LogP contribution < -0.4 is 10.6 Å². The lowest BCUT2D eigenvalue weighted by atomic mass is 10.1. The van der Waals surface area contributed by atoms with E-state index >= 15 is 0 Å². The Balaban J connectivity index is 1.62. The minimum atomic E-state index is 0.565. The van der Waals surface area contributed by atoms with Gasteiger partial charge in [0.2, 0.25) is 0 Å². The van der Waals surface area contributed by atoms with E-state index in [1.165, 1.54) is 19.3 Å². The van der Waals surface area contributed by atoms with Crippen LogP contribution in [0.25, 0.3) is 0 Å². The van der Waals surface area contributed by atoms with Crippen LogP contribution in [0.3, 0.4) is 0 Å². The summed E-state index contributed by atoms with van der Waals surface area (Å²) < 4.78 is 5.41. The van der Waals surface area contributed by atoms with Crippen LogP contribution in [-0.2, 0) is 4.74 Å². The SMILES string of the molecule is CC(CC1COCCN1)NC1CC1. The van der Waals surface area contributed by atoms with E-state index in [-0.39, 0.29) is 0 Å². The van der Waals surface area contributed by atoms with Gasteiger partial charge in [-0.15, -0.1) is 0 Å². The molecule has 3 heteroatoms. The molecule has 0 bridgehead atoms. The van der Waals surface area contributed by atoms with Crippen LogP contribution >= 0.6 is 0 Å². The van der Waals surface area contributed by atoms with Gasteiger partial charge < -0.3 is 15.4 Å². The third-order valence-corrected chi connectivity index (χ3v) is 2.73. The maximum atomic E-state index is 5.41. The van der Waals surface area contributed by atoms with E-state index in [1.54, 1.807) is 0 Å². The van der Waals surface area contributed by atoms with Crippen molar-refractivity contribution in [2.24, 2.45) is 0 Å². The van der Waals surface area contributed by atoms with Crippen LogP contribution in [0.1, 0.15) is 26.2 Å². The molecular weight excluding hydrogens is 164 g/mol. The van der Waals surface area contributed by atoms with Gasteiger partial charge in [-0.25, -0.2) is 0 Å². The minimum Gasteiger partial charge on any atom is -0.379 e. The van der Waals surface area contributed by atoms with Gasteiger partial charge in [-0.2, -0.15) is 0 Å². The average Bonchev–Trinajstić information content (AvgIpc) is 2.90. The zero-order chi connectivity index (χ0) is 9.10. The third kappa shape index (κ3) is 3.25. The maximum Gasteiger partial charge on any atom is 0.0620 e. The molecule has 1 saturated carbocycles. The summed E-state index contributed by atoms with van der Waals surface area (Å²) in [6, 6.07) is 2.02. The Morgan fingerprint density at radius 2 is 2.38 bits per heavy atom. The van der Waals surface area contributed by atoms with Gasteiger partial charge in [-0.3, -0.25) is 0 Å². The van der Waals surface area contributed by atoms with Crippen molar-refractivity contribution in [1.29, 1.82) is 0 Å². The number of ether oxygens (including phenoxy) is 1. The van der Waals surface area contributed by atoms with Gasteiger partial charge in [0, 0.05) is 24.7 Å². The van der Waals surface area contributed by atoms with Crippen LogP contribution in [0.15, 0.2) is 0 Å².